The molecule has 0 aliphatic carbocycles. The largest absolute Gasteiger partial charge is 0.382 e. The highest BCUT2D eigenvalue weighted by Crippen LogP contribution is 2.32. The molecule has 1 fully saturated rings. The fraction of sp³-hybridized carbons (Fsp3) is 0.368. The van der Waals surface area contributed by atoms with Crippen LogP contribution >= 0.6 is 11.6 Å². The van der Waals surface area contributed by atoms with E-state index < -0.39 is 6.10 Å². The molecule has 0 saturated carbocycles. The van der Waals surface area contributed by atoms with Crippen molar-refractivity contribution in [1.29, 1.82) is 0 Å². The summed E-state index contributed by atoms with van der Waals surface area (Å²) < 4.78 is 14.0. The molecule has 122 valence electrons. The third-order valence-electron chi connectivity index (χ3n) is 4.82. The fourth-order valence-electron chi connectivity index (χ4n) is 3.54. The molecule has 1 unspecified atom stereocenters. The lowest BCUT2D eigenvalue weighted by atomic mass is 10.0. The molecule has 0 aromatic heterocycles. The maximum Gasteiger partial charge on any atom is 0.133 e. The van der Waals surface area contributed by atoms with Gasteiger partial charge in [0, 0.05) is 17.2 Å². The van der Waals surface area contributed by atoms with E-state index in [4.69, 9.17) is 11.6 Å². The van der Waals surface area contributed by atoms with E-state index in [2.05, 4.69) is 0 Å². The Morgan fingerprint density at radius 1 is 0.957 bits per heavy atom. The van der Waals surface area contributed by atoms with Crippen LogP contribution in [0.5, 0.6) is 0 Å². The van der Waals surface area contributed by atoms with Gasteiger partial charge in [-0.05, 0) is 49.1 Å². The molecule has 1 atom stereocenters. The van der Waals surface area contributed by atoms with Gasteiger partial charge in [-0.15, -0.1) is 0 Å². The Balaban J connectivity index is 1.86. The van der Waals surface area contributed by atoms with Crippen LogP contribution in [0.25, 0.3) is 0 Å². The average molecular weight is 335 g/mol. The number of aliphatic hydroxyl groups excluding tert-OH is 1. The van der Waals surface area contributed by atoms with Crippen LogP contribution in [0.3, 0.4) is 0 Å². The molecule has 2 aromatic rings. The first-order valence-electron chi connectivity index (χ1n) is 8.15. The number of hydrogen-bond donors (Lipinski definition) is 1. The van der Waals surface area contributed by atoms with Gasteiger partial charge in [0.25, 0.3) is 0 Å². The van der Waals surface area contributed by atoms with Crippen molar-refractivity contribution in [2.45, 2.75) is 25.4 Å². The normalized spacial score (nSPS) is 18.6. The van der Waals surface area contributed by atoms with Gasteiger partial charge in [-0.25, -0.2) is 4.39 Å². The highest BCUT2D eigenvalue weighted by molar-refractivity contribution is 6.30. The number of benzene rings is 2. The molecule has 1 heterocycles. The third-order valence-corrected chi connectivity index (χ3v) is 5.08. The standard InChI is InChI=1S/C19H22ClFNO/c20-16-6-4-15(5-7-16)19(23)14-22(12-2-1-3-13-22)18-10-8-17(21)9-11-18/h4-11,19,23H,1-3,12-14H2/q+1. The van der Waals surface area contributed by atoms with Crippen LogP contribution in [0.2, 0.25) is 5.02 Å². The number of rotatable bonds is 4. The zero-order valence-electron chi connectivity index (χ0n) is 13.1. The van der Waals surface area contributed by atoms with Crippen LogP contribution in [-0.4, -0.2) is 24.7 Å². The molecule has 1 N–H and O–H groups in total. The average Bonchev–Trinajstić information content (AvgIpc) is 2.57. The Hall–Kier alpha value is -1.42. The van der Waals surface area contributed by atoms with Crippen molar-refractivity contribution in [3.05, 3.63) is 64.9 Å². The molecule has 1 aliphatic rings. The zero-order chi connectivity index (χ0) is 16.3. The molecule has 0 radical (unpaired) electrons. The molecule has 0 bridgehead atoms. The molecule has 2 nitrogen and oxygen atoms in total. The summed E-state index contributed by atoms with van der Waals surface area (Å²) >= 11 is 5.93. The topological polar surface area (TPSA) is 20.2 Å². The van der Waals surface area contributed by atoms with Crippen LogP contribution in [0, 0.1) is 5.82 Å². The summed E-state index contributed by atoms with van der Waals surface area (Å²) in [5.74, 6) is -0.220. The second kappa shape index (κ2) is 7.00. The van der Waals surface area contributed by atoms with Gasteiger partial charge in [0.05, 0.1) is 13.1 Å². The third kappa shape index (κ3) is 3.74. The highest BCUT2D eigenvalue weighted by atomic mass is 35.5. The fourth-order valence-corrected chi connectivity index (χ4v) is 3.67. The lowest BCUT2D eigenvalue weighted by Gasteiger charge is -2.42. The predicted octanol–water partition coefficient (Wildman–Crippen LogP) is 4.70. The number of likely N-dealkylation sites (tertiary alicyclic amines) is 1. The zero-order valence-corrected chi connectivity index (χ0v) is 13.8. The van der Waals surface area contributed by atoms with Crippen molar-refractivity contribution in [2.75, 3.05) is 19.6 Å². The summed E-state index contributed by atoms with van der Waals surface area (Å²) in [4.78, 5) is 0. The number of hydrogen-bond acceptors (Lipinski definition) is 1. The number of aliphatic hydroxyl groups is 1. The van der Waals surface area contributed by atoms with E-state index in [1.165, 1.54) is 18.6 Å². The second-order valence-electron chi connectivity index (χ2n) is 6.38. The van der Waals surface area contributed by atoms with E-state index in [1.807, 2.05) is 24.3 Å². The first-order valence-corrected chi connectivity index (χ1v) is 8.53. The van der Waals surface area contributed by atoms with Gasteiger partial charge in [-0.3, -0.25) is 4.48 Å². The van der Waals surface area contributed by atoms with E-state index in [9.17, 15) is 9.50 Å². The summed E-state index contributed by atoms with van der Waals surface area (Å²) in [7, 11) is 0. The van der Waals surface area contributed by atoms with Gasteiger partial charge < -0.3 is 5.11 Å². The van der Waals surface area contributed by atoms with Crippen LogP contribution in [0.1, 0.15) is 30.9 Å². The van der Waals surface area contributed by atoms with E-state index >= 15 is 0 Å². The summed E-state index contributed by atoms with van der Waals surface area (Å²) in [6.45, 7) is 2.57. The van der Waals surface area contributed by atoms with E-state index in [0.717, 1.165) is 37.2 Å². The Labute approximate surface area is 141 Å². The quantitative estimate of drug-likeness (QED) is 0.803. The summed E-state index contributed by atoms with van der Waals surface area (Å²) in [5, 5.41) is 11.4. The Bertz CT molecular complexity index is 635. The van der Waals surface area contributed by atoms with Gasteiger partial charge >= 0.3 is 0 Å². The van der Waals surface area contributed by atoms with Gasteiger partial charge in [0.1, 0.15) is 24.2 Å². The summed E-state index contributed by atoms with van der Waals surface area (Å²) in [6.07, 6.45) is 2.92. The van der Waals surface area contributed by atoms with Crippen molar-refractivity contribution in [2.24, 2.45) is 0 Å². The lowest BCUT2D eigenvalue weighted by molar-refractivity contribution is 0.104. The first kappa shape index (κ1) is 16.4. The summed E-state index contributed by atoms with van der Waals surface area (Å²) in [6, 6.07) is 14.1. The van der Waals surface area contributed by atoms with Crippen molar-refractivity contribution in [1.82, 2.24) is 4.48 Å². The minimum atomic E-state index is -0.560. The Morgan fingerprint density at radius 3 is 2.17 bits per heavy atom. The van der Waals surface area contributed by atoms with Gasteiger partial charge in [0.15, 0.2) is 0 Å². The second-order valence-corrected chi connectivity index (χ2v) is 6.82. The van der Waals surface area contributed by atoms with Crippen molar-refractivity contribution >= 4 is 17.3 Å². The van der Waals surface area contributed by atoms with Gasteiger partial charge in [-0.1, -0.05) is 23.7 Å². The Morgan fingerprint density at radius 2 is 1.57 bits per heavy atom. The minimum absolute atomic E-state index is 0.220. The molecule has 0 amide bonds. The van der Waals surface area contributed by atoms with E-state index in [1.54, 1.807) is 12.1 Å². The maximum atomic E-state index is 13.3. The number of nitrogens with zero attached hydrogens (tertiary/aromatic N) is 1. The smallest absolute Gasteiger partial charge is 0.133 e. The van der Waals surface area contributed by atoms with E-state index in [-0.39, 0.29) is 5.82 Å². The van der Waals surface area contributed by atoms with Crippen molar-refractivity contribution in [3.8, 4) is 0 Å². The van der Waals surface area contributed by atoms with Crippen molar-refractivity contribution in [3.63, 3.8) is 0 Å². The van der Waals surface area contributed by atoms with Crippen LogP contribution < -0.4 is 4.48 Å². The monoisotopic (exact) mass is 334 g/mol. The molecule has 1 saturated heterocycles. The minimum Gasteiger partial charge on any atom is -0.382 e. The van der Waals surface area contributed by atoms with Crippen molar-refractivity contribution < 1.29 is 9.50 Å². The number of piperidine rings is 1. The molecule has 3 rings (SSSR count). The number of quaternary nitrogens is 1. The highest BCUT2D eigenvalue weighted by Gasteiger charge is 2.35. The van der Waals surface area contributed by atoms with Crippen LogP contribution in [-0.2, 0) is 0 Å². The van der Waals surface area contributed by atoms with Crippen LogP contribution in [0.4, 0.5) is 10.1 Å². The van der Waals surface area contributed by atoms with Crippen LogP contribution in [0.15, 0.2) is 48.5 Å². The molecule has 23 heavy (non-hydrogen) atoms. The van der Waals surface area contributed by atoms with E-state index in [0.29, 0.717) is 16.1 Å². The predicted molar refractivity (Wildman–Crippen MR) is 93.1 cm³/mol. The Kier molecular flexibility index (Phi) is 5.00. The first-order chi connectivity index (χ1) is 11.1. The van der Waals surface area contributed by atoms with Gasteiger partial charge in [0.2, 0.25) is 0 Å². The lowest BCUT2D eigenvalue weighted by Crippen LogP contribution is -2.54. The maximum absolute atomic E-state index is 13.3. The molecule has 2 aromatic carbocycles. The molecular weight excluding hydrogens is 313 g/mol. The number of halogens is 2. The van der Waals surface area contributed by atoms with Gasteiger partial charge in [-0.2, -0.15) is 0 Å². The molecule has 4 heteroatoms. The molecule has 1 aliphatic heterocycles. The summed E-state index contributed by atoms with van der Waals surface area (Å²) in [5.41, 5.74) is 1.96. The molecule has 0 spiro atoms. The molecular formula is C19H22ClFNO+. The SMILES string of the molecule is OC(C[N+]1(c2ccc(F)cc2)CCCCC1)c1ccc(Cl)cc1.